The van der Waals surface area contributed by atoms with Crippen molar-refractivity contribution in [3.05, 3.63) is 53.6 Å². The van der Waals surface area contributed by atoms with Gasteiger partial charge in [-0.1, -0.05) is 66.3 Å². The van der Waals surface area contributed by atoms with Crippen LogP contribution in [0.3, 0.4) is 0 Å². The van der Waals surface area contributed by atoms with Gasteiger partial charge in [-0.05, 0) is 23.3 Å². The molecule has 16 heavy (non-hydrogen) atoms. The lowest BCUT2D eigenvalue weighted by Crippen LogP contribution is -2.24. The first-order valence-electron chi connectivity index (χ1n) is 5.34. The summed E-state index contributed by atoms with van der Waals surface area (Å²) in [7, 11) is -0.432. The number of rotatable bonds is 2. The molecule has 0 fully saturated rings. The molecule has 1 radical (unpaired) electrons. The second kappa shape index (κ2) is 4.85. The van der Waals surface area contributed by atoms with Gasteiger partial charge in [0.2, 0.25) is 0 Å². The Bertz CT molecular complexity index is 474. The molecule has 2 rings (SSSR count). The Morgan fingerprint density at radius 2 is 1.50 bits per heavy atom. The maximum Gasteiger partial charge on any atom is 0.0799 e. The SMILES string of the molecule is C[Si](C)c1ccccc1-c1ccc(Cl)cc1. The molecule has 2 aromatic carbocycles. The summed E-state index contributed by atoms with van der Waals surface area (Å²) in [6.07, 6.45) is 0. The van der Waals surface area contributed by atoms with Gasteiger partial charge in [-0.25, -0.2) is 0 Å². The summed E-state index contributed by atoms with van der Waals surface area (Å²) in [6, 6.07) is 16.7. The Morgan fingerprint density at radius 3 is 2.12 bits per heavy atom. The second-order valence-corrected chi connectivity index (χ2v) is 7.03. The summed E-state index contributed by atoms with van der Waals surface area (Å²) >= 11 is 5.91. The average Bonchev–Trinajstić information content (AvgIpc) is 2.30. The molecule has 0 aliphatic heterocycles. The van der Waals surface area contributed by atoms with Crippen molar-refractivity contribution < 1.29 is 0 Å². The van der Waals surface area contributed by atoms with Crippen molar-refractivity contribution in [1.82, 2.24) is 0 Å². The molecule has 0 saturated carbocycles. The maximum absolute atomic E-state index is 5.91. The minimum Gasteiger partial charge on any atom is -0.0843 e. The maximum atomic E-state index is 5.91. The molecule has 0 nitrogen and oxygen atoms in total. The summed E-state index contributed by atoms with van der Waals surface area (Å²) in [6.45, 7) is 4.64. The summed E-state index contributed by atoms with van der Waals surface area (Å²) in [5, 5.41) is 2.27. The molecule has 0 aromatic heterocycles. The highest BCUT2D eigenvalue weighted by Gasteiger charge is 2.08. The summed E-state index contributed by atoms with van der Waals surface area (Å²) in [5.41, 5.74) is 2.60. The highest BCUT2D eigenvalue weighted by atomic mass is 35.5. The molecule has 81 valence electrons. The van der Waals surface area contributed by atoms with Crippen LogP contribution in [0.1, 0.15) is 0 Å². The van der Waals surface area contributed by atoms with E-state index in [0.717, 1.165) is 5.02 Å². The van der Waals surface area contributed by atoms with Gasteiger partial charge in [0.1, 0.15) is 0 Å². The summed E-state index contributed by atoms with van der Waals surface area (Å²) in [4.78, 5) is 0. The van der Waals surface area contributed by atoms with E-state index in [4.69, 9.17) is 11.6 Å². The fourth-order valence-corrected chi connectivity index (χ4v) is 3.12. The van der Waals surface area contributed by atoms with Crippen molar-refractivity contribution >= 4 is 25.6 Å². The lowest BCUT2D eigenvalue weighted by Gasteiger charge is -2.11. The standard InChI is InChI=1S/C14H14ClSi/c1-16(2)14-6-4-3-5-13(14)11-7-9-12(15)10-8-11/h3-10H,1-2H3. The van der Waals surface area contributed by atoms with Crippen molar-refractivity contribution in [3.63, 3.8) is 0 Å². The van der Waals surface area contributed by atoms with Gasteiger partial charge < -0.3 is 0 Å². The van der Waals surface area contributed by atoms with Crippen LogP contribution in [0.2, 0.25) is 18.1 Å². The first-order chi connectivity index (χ1) is 7.68. The Kier molecular flexibility index (Phi) is 3.47. The molecule has 0 spiro atoms. The zero-order valence-corrected chi connectivity index (χ0v) is 11.3. The zero-order chi connectivity index (χ0) is 11.5. The lowest BCUT2D eigenvalue weighted by atomic mass is 10.1. The average molecular weight is 246 g/mol. The molecule has 0 aliphatic rings. The van der Waals surface area contributed by atoms with Crippen LogP contribution >= 0.6 is 11.6 Å². The third-order valence-electron chi connectivity index (χ3n) is 2.62. The normalized spacial score (nSPS) is 10.8. The summed E-state index contributed by atoms with van der Waals surface area (Å²) in [5.74, 6) is 0. The monoisotopic (exact) mass is 245 g/mol. The van der Waals surface area contributed by atoms with E-state index >= 15 is 0 Å². The molecule has 0 amide bonds. The van der Waals surface area contributed by atoms with E-state index in [1.54, 1.807) is 0 Å². The molecular formula is C14H14ClSi. The van der Waals surface area contributed by atoms with E-state index in [-0.39, 0.29) is 0 Å². The van der Waals surface area contributed by atoms with E-state index in [0.29, 0.717) is 0 Å². The number of halogens is 1. The molecular weight excluding hydrogens is 232 g/mol. The Hall–Kier alpha value is -1.05. The molecule has 0 heterocycles. The highest BCUT2D eigenvalue weighted by Crippen LogP contribution is 2.20. The van der Waals surface area contributed by atoms with Gasteiger partial charge in [0.25, 0.3) is 0 Å². The van der Waals surface area contributed by atoms with E-state index < -0.39 is 8.80 Å². The highest BCUT2D eigenvalue weighted by molar-refractivity contribution is 6.72. The van der Waals surface area contributed by atoms with E-state index in [1.165, 1.54) is 16.3 Å². The van der Waals surface area contributed by atoms with Gasteiger partial charge >= 0.3 is 0 Å². The minimum absolute atomic E-state index is 0.432. The van der Waals surface area contributed by atoms with Crippen molar-refractivity contribution in [2.75, 3.05) is 0 Å². The van der Waals surface area contributed by atoms with Gasteiger partial charge in [0, 0.05) is 5.02 Å². The van der Waals surface area contributed by atoms with Crippen LogP contribution < -0.4 is 5.19 Å². The van der Waals surface area contributed by atoms with Crippen LogP contribution in [0.4, 0.5) is 0 Å². The van der Waals surface area contributed by atoms with Crippen LogP contribution in [0, 0.1) is 0 Å². The largest absolute Gasteiger partial charge is 0.0843 e. The van der Waals surface area contributed by atoms with Crippen LogP contribution in [0.15, 0.2) is 48.5 Å². The number of benzene rings is 2. The minimum atomic E-state index is -0.432. The molecule has 0 bridgehead atoms. The van der Waals surface area contributed by atoms with Crippen LogP contribution in [0.25, 0.3) is 11.1 Å². The van der Waals surface area contributed by atoms with Crippen LogP contribution in [-0.4, -0.2) is 8.80 Å². The predicted molar refractivity (Wildman–Crippen MR) is 74.0 cm³/mol. The van der Waals surface area contributed by atoms with E-state index in [2.05, 4.69) is 49.5 Å². The van der Waals surface area contributed by atoms with Crippen LogP contribution in [-0.2, 0) is 0 Å². The molecule has 0 N–H and O–H groups in total. The number of hydrogen-bond donors (Lipinski definition) is 0. The van der Waals surface area contributed by atoms with Gasteiger partial charge in [-0.15, -0.1) is 0 Å². The second-order valence-electron chi connectivity index (χ2n) is 4.05. The number of hydrogen-bond acceptors (Lipinski definition) is 0. The molecule has 0 atom stereocenters. The Morgan fingerprint density at radius 1 is 0.875 bits per heavy atom. The quantitative estimate of drug-likeness (QED) is 0.703. The van der Waals surface area contributed by atoms with Crippen LogP contribution in [0.5, 0.6) is 0 Å². The summed E-state index contributed by atoms with van der Waals surface area (Å²) < 4.78 is 0. The molecule has 0 unspecified atom stereocenters. The first kappa shape index (κ1) is 11.4. The van der Waals surface area contributed by atoms with E-state index in [9.17, 15) is 0 Å². The first-order valence-corrected chi connectivity index (χ1v) is 8.22. The predicted octanol–water partition coefficient (Wildman–Crippen LogP) is 3.97. The topological polar surface area (TPSA) is 0 Å². The van der Waals surface area contributed by atoms with Gasteiger partial charge in [-0.2, -0.15) is 0 Å². The Balaban J connectivity index is 2.51. The van der Waals surface area contributed by atoms with Crippen molar-refractivity contribution in [2.24, 2.45) is 0 Å². The van der Waals surface area contributed by atoms with Crippen molar-refractivity contribution in [3.8, 4) is 11.1 Å². The Labute approximate surface area is 103 Å². The fourth-order valence-electron chi connectivity index (χ4n) is 1.80. The lowest BCUT2D eigenvalue weighted by molar-refractivity contribution is 1.64. The molecule has 2 heteroatoms. The molecule has 2 aromatic rings. The van der Waals surface area contributed by atoms with Gasteiger partial charge in [0.15, 0.2) is 0 Å². The third-order valence-corrected chi connectivity index (χ3v) is 4.39. The smallest absolute Gasteiger partial charge is 0.0799 e. The van der Waals surface area contributed by atoms with Gasteiger partial charge in [-0.3, -0.25) is 0 Å². The van der Waals surface area contributed by atoms with E-state index in [1.807, 2.05) is 12.1 Å². The zero-order valence-electron chi connectivity index (χ0n) is 9.50. The third kappa shape index (κ3) is 2.37. The molecule has 0 saturated heterocycles. The van der Waals surface area contributed by atoms with Crippen molar-refractivity contribution in [1.29, 1.82) is 0 Å². The fraction of sp³-hybridized carbons (Fsp3) is 0.143. The van der Waals surface area contributed by atoms with Crippen molar-refractivity contribution in [2.45, 2.75) is 13.1 Å². The van der Waals surface area contributed by atoms with Gasteiger partial charge in [0.05, 0.1) is 8.80 Å². The molecule has 0 aliphatic carbocycles.